The van der Waals surface area contributed by atoms with Gasteiger partial charge in [-0.25, -0.2) is 4.99 Å². The molecule has 1 aliphatic rings. The van der Waals surface area contributed by atoms with Crippen LogP contribution >= 0.6 is 22.6 Å². The number of halogens is 1. The highest BCUT2D eigenvalue weighted by molar-refractivity contribution is 14.1. The molecule has 9 heavy (non-hydrogen) atoms. The van der Waals surface area contributed by atoms with E-state index < -0.39 is 0 Å². The van der Waals surface area contributed by atoms with Crippen molar-refractivity contribution >= 4 is 34.2 Å². The number of nitrogens with zero attached hydrogens (tertiary/aromatic N) is 1. The summed E-state index contributed by atoms with van der Waals surface area (Å²) in [6, 6.07) is 0. The Labute approximate surface area is 67.2 Å². The van der Waals surface area contributed by atoms with E-state index in [4.69, 9.17) is 0 Å². The van der Waals surface area contributed by atoms with E-state index in [1.54, 1.807) is 0 Å². The van der Waals surface area contributed by atoms with Gasteiger partial charge in [0.2, 0.25) is 0 Å². The van der Waals surface area contributed by atoms with E-state index in [2.05, 4.69) is 27.6 Å². The second-order valence-corrected chi connectivity index (χ2v) is 3.19. The van der Waals surface area contributed by atoms with Crippen LogP contribution in [-0.4, -0.2) is 15.5 Å². The van der Waals surface area contributed by atoms with Crippen molar-refractivity contribution in [1.82, 2.24) is 0 Å². The van der Waals surface area contributed by atoms with Crippen molar-refractivity contribution in [2.45, 2.75) is 10.8 Å². The number of rotatable bonds is 0. The lowest BCUT2D eigenvalue weighted by Crippen LogP contribution is -2.13. The maximum Gasteiger partial charge on any atom is 0.269 e. The molecular formula is C6H6INO. The number of alkyl halides is 1. The maximum atomic E-state index is 10.5. The number of carbonyl (C=O) groups excluding carboxylic acids is 1. The van der Waals surface area contributed by atoms with Crippen LogP contribution < -0.4 is 0 Å². The molecule has 0 aromatic heterocycles. The van der Waals surface area contributed by atoms with E-state index in [1.165, 1.54) is 6.08 Å². The summed E-state index contributed by atoms with van der Waals surface area (Å²) in [6.07, 6.45) is 3.36. The minimum Gasteiger partial charge on any atom is -0.267 e. The van der Waals surface area contributed by atoms with Gasteiger partial charge in [-0.3, -0.25) is 4.79 Å². The molecule has 1 rings (SSSR count). The predicted molar refractivity (Wildman–Crippen MR) is 45.1 cm³/mol. The van der Waals surface area contributed by atoms with E-state index >= 15 is 0 Å². The second-order valence-electron chi connectivity index (χ2n) is 1.85. The molecular weight excluding hydrogens is 229 g/mol. The molecule has 2 nitrogen and oxygen atoms in total. The molecule has 0 saturated carbocycles. The molecule has 0 saturated heterocycles. The van der Waals surface area contributed by atoms with Gasteiger partial charge >= 0.3 is 0 Å². The average molecular weight is 235 g/mol. The van der Waals surface area contributed by atoms with Crippen LogP contribution in [0.1, 0.15) is 6.92 Å². The number of hydrogen-bond donors (Lipinski definition) is 0. The van der Waals surface area contributed by atoms with E-state index in [0.717, 1.165) is 5.71 Å². The maximum absolute atomic E-state index is 10.5. The van der Waals surface area contributed by atoms with Gasteiger partial charge < -0.3 is 0 Å². The van der Waals surface area contributed by atoms with Crippen LogP contribution in [0.15, 0.2) is 17.1 Å². The minimum atomic E-state index is -0.139. The Balaban J connectivity index is 2.82. The molecule has 0 fully saturated rings. The van der Waals surface area contributed by atoms with Crippen LogP contribution in [0, 0.1) is 0 Å². The normalized spacial score (nSPS) is 26.2. The van der Waals surface area contributed by atoms with Crippen LogP contribution in [0.5, 0.6) is 0 Å². The number of dihydropyridines is 1. The van der Waals surface area contributed by atoms with Gasteiger partial charge in [-0.15, -0.1) is 0 Å². The zero-order valence-corrected chi connectivity index (χ0v) is 7.12. The lowest BCUT2D eigenvalue weighted by atomic mass is 10.2. The SMILES string of the molecule is CC1=NC(=O)C=CC1I. The molecule has 0 aromatic rings. The summed E-state index contributed by atoms with van der Waals surface area (Å²) in [5, 5.41) is 0. The fourth-order valence-corrected chi connectivity index (χ4v) is 0.926. The molecule has 0 bridgehead atoms. The van der Waals surface area contributed by atoms with Crippen molar-refractivity contribution in [3.8, 4) is 0 Å². The molecule has 0 N–H and O–H groups in total. The molecule has 1 aliphatic heterocycles. The molecule has 1 atom stereocenters. The highest BCUT2D eigenvalue weighted by atomic mass is 127. The van der Waals surface area contributed by atoms with Gasteiger partial charge in [0.05, 0.1) is 3.92 Å². The highest BCUT2D eigenvalue weighted by Crippen LogP contribution is 2.09. The Kier molecular flexibility index (Phi) is 2.00. The fourth-order valence-electron chi connectivity index (χ4n) is 0.579. The summed E-state index contributed by atoms with van der Waals surface area (Å²) in [7, 11) is 0. The van der Waals surface area contributed by atoms with Gasteiger partial charge in [-0.05, 0) is 6.92 Å². The first kappa shape index (κ1) is 6.92. The summed E-state index contributed by atoms with van der Waals surface area (Å²) in [6.45, 7) is 1.86. The molecule has 0 spiro atoms. The van der Waals surface area contributed by atoms with Crippen LogP contribution in [0.25, 0.3) is 0 Å². The van der Waals surface area contributed by atoms with Crippen LogP contribution in [0.3, 0.4) is 0 Å². The van der Waals surface area contributed by atoms with Crippen LogP contribution in [0.4, 0.5) is 0 Å². The Morgan fingerprint density at radius 1 is 1.78 bits per heavy atom. The van der Waals surface area contributed by atoms with Gasteiger partial charge in [-0.2, -0.15) is 0 Å². The molecule has 0 radical (unpaired) electrons. The first-order chi connectivity index (χ1) is 4.20. The number of carbonyl (C=O) groups is 1. The van der Waals surface area contributed by atoms with Gasteiger partial charge in [0.15, 0.2) is 0 Å². The van der Waals surface area contributed by atoms with Crippen molar-refractivity contribution in [3.63, 3.8) is 0 Å². The summed E-state index contributed by atoms with van der Waals surface area (Å²) in [5.41, 5.74) is 0.892. The van der Waals surface area contributed by atoms with Crippen molar-refractivity contribution in [1.29, 1.82) is 0 Å². The standard InChI is InChI=1S/C6H6INO/c1-4-5(7)2-3-6(9)8-4/h2-3,5H,1H3. The van der Waals surface area contributed by atoms with Crippen molar-refractivity contribution in [2.24, 2.45) is 4.99 Å². The van der Waals surface area contributed by atoms with Crippen molar-refractivity contribution in [3.05, 3.63) is 12.2 Å². The zero-order chi connectivity index (χ0) is 6.85. The quantitative estimate of drug-likeness (QED) is 0.460. The summed E-state index contributed by atoms with van der Waals surface area (Å²) in [4.78, 5) is 14.3. The van der Waals surface area contributed by atoms with Gasteiger partial charge in [0, 0.05) is 11.8 Å². The second kappa shape index (κ2) is 2.60. The summed E-state index contributed by atoms with van der Waals surface area (Å²) < 4.78 is 0.306. The molecule has 1 amide bonds. The smallest absolute Gasteiger partial charge is 0.267 e. The predicted octanol–water partition coefficient (Wildman–Crippen LogP) is 1.35. The van der Waals surface area contributed by atoms with Crippen LogP contribution in [-0.2, 0) is 4.79 Å². The fraction of sp³-hybridized carbons (Fsp3) is 0.333. The third-order valence-corrected chi connectivity index (χ3v) is 2.41. The Morgan fingerprint density at radius 3 is 2.89 bits per heavy atom. The van der Waals surface area contributed by atoms with Gasteiger partial charge in [0.25, 0.3) is 5.91 Å². The summed E-state index contributed by atoms with van der Waals surface area (Å²) >= 11 is 2.22. The first-order valence-electron chi connectivity index (χ1n) is 2.61. The van der Waals surface area contributed by atoms with Gasteiger partial charge in [-0.1, -0.05) is 28.7 Å². The zero-order valence-electron chi connectivity index (χ0n) is 4.97. The first-order valence-corrected chi connectivity index (χ1v) is 3.86. The Bertz CT molecular complexity index is 195. The average Bonchev–Trinajstić information content (AvgIpc) is 1.80. The third-order valence-electron chi connectivity index (χ3n) is 1.09. The summed E-state index contributed by atoms with van der Waals surface area (Å²) in [5.74, 6) is -0.139. The van der Waals surface area contributed by atoms with E-state index in [9.17, 15) is 4.79 Å². The third kappa shape index (κ3) is 1.61. The number of aliphatic imine (C=N–C) groups is 1. The number of hydrogen-bond acceptors (Lipinski definition) is 1. The van der Waals surface area contributed by atoms with Crippen LogP contribution in [0.2, 0.25) is 0 Å². The molecule has 1 unspecified atom stereocenters. The molecule has 0 aromatic carbocycles. The van der Waals surface area contributed by atoms with Gasteiger partial charge in [0.1, 0.15) is 0 Å². The van der Waals surface area contributed by atoms with E-state index in [0.29, 0.717) is 3.92 Å². The molecule has 0 aliphatic carbocycles. The lowest BCUT2D eigenvalue weighted by molar-refractivity contribution is -0.113. The number of amides is 1. The Hall–Kier alpha value is -0.190. The van der Waals surface area contributed by atoms with E-state index in [1.807, 2.05) is 13.0 Å². The Morgan fingerprint density at radius 2 is 2.44 bits per heavy atom. The number of allylic oxidation sites excluding steroid dienone is 1. The minimum absolute atomic E-state index is 0.139. The largest absolute Gasteiger partial charge is 0.269 e. The topological polar surface area (TPSA) is 29.4 Å². The lowest BCUT2D eigenvalue weighted by Gasteiger charge is -2.05. The monoisotopic (exact) mass is 235 g/mol. The molecule has 1 heterocycles. The molecule has 3 heteroatoms. The molecule has 48 valence electrons. The van der Waals surface area contributed by atoms with E-state index in [-0.39, 0.29) is 5.91 Å². The van der Waals surface area contributed by atoms with Crippen molar-refractivity contribution in [2.75, 3.05) is 0 Å². The highest BCUT2D eigenvalue weighted by Gasteiger charge is 2.09. The van der Waals surface area contributed by atoms with Crippen molar-refractivity contribution < 1.29 is 4.79 Å².